The van der Waals surface area contributed by atoms with Gasteiger partial charge in [0.05, 0.1) is 6.54 Å². The Morgan fingerprint density at radius 1 is 1.33 bits per heavy atom. The van der Waals surface area contributed by atoms with Crippen LogP contribution in [0.2, 0.25) is 0 Å². The van der Waals surface area contributed by atoms with Crippen LogP contribution in [0.15, 0.2) is 0 Å². The highest BCUT2D eigenvalue weighted by molar-refractivity contribution is 5.79. The van der Waals surface area contributed by atoms with E-state index in [0.29, 0.717) is 12.6 Å². The summed E-state index contributed by atoms with van der Waals surface area (Å²) in [5.74, 6) is 2.83. The molecule has 1 heterocycles. The zero-order valence-electron chi connectivity index (χ0n) is 13.9. The third-order valence-electron chi connectivity index (χ3n) is 4.54. The molecule has 1 amide bonds. The Balaban J connectivity index is 2.61. The molecule has 4 heteroatoms. The molecule has 1 aliphatic rings. The normalized spacial score (nSPS) is 16.7. The minimum Gasteiger partial charge on any atom is -0.339 e. The lowest BCUT2D eigenvalue weighted by molar-refractivity contribution is -0.124. The van der Waals surface area contributed by atoms with Crippen LogP contribution in [0.5, 0.6) is 0 Å². The maximum atomic E-state index is 12.4. The van der Waals surface area contributed by atoms with E-state index in [2.05, 4.69) is 28.4 Å². The van der Waals surface area contributed by atoms with Gasteiger partial charge in [0.15, 0.2) is 0 Å². The molecular weight excluding hydrogens is 262 g/mol. The van der Waals surface area contributed by atoms with E-state index in [0.717, 1.165) is 51.7 Å². The molecule has 4 nitrogen and oxygen atoms in total. The van der Waals surface area contributed by atoms with Crippen LogP contribution in [0.4, 0.5) is 0 Å². The molecule has 21 heavy (non-hydrogen) atoms. The molecule has 1 saturated heterocycles. The Bertz CT molecular complexity index is 352. The molecule has 0 aromatic heterocycles. The molecule has 0 bridgehead atoms. The molecule has 0 aromatic carbocycles. The highest BCUT2D eigenvalue weighted by atomic mass is 16.2. The Labute approximate surface area is 130 Å². The van der Waals surface area contributed by atoms with Crippen LogP contribution in [0.3, 0.4) is 0 Å². The monoisotopic (exact) mass is 293 g/mol. The summed E-state index contributed by atoms with van der Waals surface area (Å²) in [7, 11) is 0. The fraction of sp³-hybridized carbons (Fsp3) is 0.824. The van der Waals surface area contributed by atoms with Crippen molar-refractivity contribution in [1.82, 2.24) is 15.5 Å². The van der Waals surface area contributed by atoms with Gasteiger partial charge in [-0.25, -0.2) is 0 Å². The second-order valence-electron chi connectivity index (χ2n) is 5.93. The Morgan fingerprint density at radius 3 is 2.43 bits per heavy atom. The Hall–Kier alpha value is -1.05. The van der Waals surface area contributed by atoms with Crippen molar-refractivity contribution in [3.63, 3.8) is 0 Å². The maximum Gasteiger partial charge on any atom is 0.235 e. The van der Waals surface area contributed by atoms with E-state index < -0.39 is 5.54 Å². The summed E-state index contributed by atoms with van der Waals surface area (Å²) in [6, 6.07) is 0.514. The molecule has 1 fully saturated rings. The van der Waals surface area contributed by atoms with Gasteiger partial charge in [0, 0.05) is 6.04 Å². The standard InChI is InChI=1S/C17H31N3O/c1-5-13-20(15-9-11-18-12-10-15)14-16(21)19-17(6-2,7-3)8-4/h2,15,18H,5,7-14H2,1,3-4H3,(H,19,21). The van der Waals surface area contributed by atoms with Gasteiger partial charge in [0.1, 0.15) is 5.54 Å². The second-order valence-corrected chi connectivity index (χ2v) is 5.93. The molecule has 0 radical (unpaired) electrons. The third-order valence-corrected chi connectivity index (χ3v) is 4.54. The van der Waals surface area contributed by atoms with Crippen molar-refractivity contribution in [1.29, 1.82) is 0 Å². The van der Waals surface area contributed by atoms with E-state index in [4.69, 9.17) is 6.42 Å². The number of amides is 1. The number of hydrogen-bond donors (Lipinski definition) is 2. The Morgan fingerprint density at radius 2 is 1.95 bits per heavy atom. The topological polar surface area (TPSA) is 44.4 Å². The number of carbonyl (C=O) groups is 1. The summed E-state index contributed by atoms with van der Waals surface area (Å²) in [6.45, 7) is 9.74. The number of nitrogens with one attached hydrogen (secondary N) is 2. The van der Waals surface area contributed by atoms with Gasteiger partial charge in [-0.15, -0.1) is 6.42 Å². The van der Waals surface area contributed by atoms with Crippen LogP contribution in [-0.2, 0) is 4.79 Å². The minimum atomic E-state index is -0.483. The summed E-state index contributed by atoms with van der Waals surface area (Å²) >= 11 is 0. The molecule has 120 valence electrons. The van der Waals surface area contributed by atoms with Crippen LogP contribution in [0.25, 0.3) is 0 Å². The van der Waals surface area contributed by atoms with Crippen LogP contribution in [0.1, 0.15) is 52.9 Å². The van der Waals surface area contributed by atoms with Crippen molar-refractivity contribution >= 4 is 5.91 Å². The van der Waals surface area contributed by atoms with Gasteiger partial charge in [0.25, 0.3) is 0 Å². The molecule has 0 aliphatic carbocycles. The van der Waals surface area contributed by atoms with Crippen LogP contribution in [0, 0.1) is 12.3 Å². The van der Waals surface area contributed by atoms with E-state index in [1.165, 1.54) is 0 Å². The quantitative estimate of drug-likeness (QED) is 0.670. The first-order valence-corrected chi connectivity index (χ1v) is 8.34. The van der Waals surface area contributed by atoms with E-state index >= 15 is 0 Å². The van der Waals surface area contributed by atoms with E-state index in [-0.39, 0.29) is 5.91 Å². The van der Waals surface area contributed by atoms with Gasteiger partial charge in [0.2, 0.25) is 5.91 Å². The van der Waals surface area contributed by atoms with Crippen molar-refractivity contribution < 1.29 is 4.79 Å². The lowest BCUT2D eigenvalue weighted by Crippen LogP contribution is -2.52. The summed E-state index contributed by atoms with van der Waals surface area (Å²) in [6.07, 6.45) is 10.5. The second kappa shape index (κ2) is 9.07. The number of piperidine rings is 1. The zero-order valence-corrected chi connectivity index (χ0v) is 13.9. The highest BCUT2D eigenvalue weighted by Crippen LogP contribution is 2.15. The molecule has 0 unspecified atom stereocenters. The number of hydrogen-bond acceptors (Lipinski definition) is 3. The van der Waals surface area contributed by atoms with E-state index in [1.54, 1.807) is 0 Å². The van der Waals surface area contributed by atoms with Crippen molar-refractivity contribution in [3.8, 4) is 12.3 Å². The first-order chi connectivity index (χ1) is 10.1. The van der Waals surface area contributed by atoms with Crippen molar-refractivity contribution in [2.75, 3.05) is 26.2 Å². The lowest BCUT2D eigenvalue weighted by atomic mass is 9.94. The van der Waals surface area contributed by atoms with Gasteiger partial charge in [-0.2, -0.15) is 0 Å². The van der Waals surface area contributed by atoms with Gasteiger partial charge < -0.3 is 10.6 Å². The summed E-state index contributed by atoms with van der Waals surface area (Å²) in [4.78, 5) is 14.7. The molecular formula is C17H31N3O. The molecule has 0 spiro atoms. The average Bonchev–Trinajstić information content (AvgIpc) is 2.53. The van der Waals surface area contributed by atoms with Crippen LogP contribution in [-0.4, -0.2) is 48.6 Å². The van der Waals surface area contributed by atoms with Gasteiger partial charge in [-0.3, -0.25) is 9.69 Å². The average molecular weight is 293 g/mol. The minimum absolute atomic E-state index is 0.0589. The van der Waals surface area contributed by atoms with Crippen molar-refractivity contribution in [2.24, 2.45) is 0 Å². The predicted octanol–water partition coefficient (Wildman–Crippen LogP) is 1.76. The highest BCUT2D eigenvalue weighted by Gasteiger charge is 2.28. The van der Waals surface area contributed by atoms with Gasteiger partial charge in [-0.05, 0) is 51.7 Å². The number of nitrogens with zero attached hydrogens (tertiary/aromatic N) is 1. The molecule has 2 N–H and O–H groups in total. The van der Waals surface area contributed by atoms with Crippen molar-refractivity contribution in [3.05, 3.63) is 0 Å². The smallest absolute Gasteiger partial charge is 0.235 e. The molecule has 0 aromatic rings. The first-order valence-electron chi connectivity index (χ1n) is 8.34. The van der Waals surface area contributed by atoms with Gasteiger partial charge in [-0.1, -0.05) is 26.7 Å². The summed E-state index contributed by atoms with van der Waals surface area (Å²) in [5, 5.41) is 6.45. The number of rotatable bonds is 8. The fourth-order valence-electron chi connectivity index (χ4n) is 3.01. The van der Waals surface area contributed by atoms with Crippen molar-refractivity contribution in [2.45, 2.75) is 64.5 Å². The van der Waals surface area contributed by atoms with E-state index in [9.17, 15) is 4.79 Å². The number of carbonyl (C=O) groups excluding carboxylic acids is 1. The summed E-state index contributed by atoms with van der Waals surface area (Å²) in [5.41, 5.74) is -0.483. The molecule has 1 aliphatic heterocycles. The van der Waals surface area contributed by atoms with Gasteiger partial charge >= 0.3 is 0 Å². The van der Waals surface area contributed by atoms with Crippen LogP contribution < -0.4 is 10.6 Å². The largest absolute Gasteiger partial charge is 0.339 e. The van der Waals surface area contributed by atoms with E-state index in [1.807, 2.05) is 13.8 Å². The molecule has 0 atom stereocenters. The molecule has 1 rings (SSSR count). The SMILES string of the molecule is C#CC(CC)(CC)NC(=O)CN(CCC)C1CCNCC1. The summed E-state index contributed by atoms with van der Waals surface area (Å²) < 4.78 is 0. The Kier molecular flexibility index (Phi) is 7.77. The third kappa shape index (κ3) is 5.33. The van der Waals surface area contributed by atoms with Crippen LogP contribution >= 0.6 is 0 Å². The number of terminal acetylenes is 1. The molecule has 0 saturated carbocycles. The first kappa shape index (κ1) is 18.0. The fourth-order valence-corrected chi connectivity index (χ4v) is 3.01. The maximum absolute atomic E-state index is 12.4. The zero-order chi connectivity index (χ0) is 15.7. The predicted molar refractivity (Wildman–Crippen MR) is 88.0 cm³/mol. The lowest BCUT2D eigenvalue weighted by Gasteiger charge is -2.35.